The fraction of sp³-hybridized carbons (Fsp3) is 1.00. The van der Waals surface area contributed by atoms with Gasteiger partial charge in [-0.2, -0.15) is 0 Å². The monoisotopic (exact) mass is 253 g/mol. The number of rotatable bonds is 7. The van der Waals surface area contributed by atoms with Crippen molar-refractivity contribution in [3.8, 4) is 0 Å². The van der Waals surface area contributed by atoms with Crippen LogP contribution in [0.1, 0.15) is 80.1 Å². The maximum atomic E-state index is 3.85. The van der Waals surface area contributed by atoms with Crippen molar-refractivity contribution in [2.75, 3.05) is 6.54 Å². The third-order valence-electron chi connectivity index (χ3n) is 4.63. The highest BCUT2D eigenvalue weighted by atomic mass is 14.9. The fourth-order valence-electron chi connectivity index (χ4n) is 3.52. The van der Waals surface area contributed by atoms with Crippen LogP contribution in [0.4, 0.5) is 0 Å². The molecule has 0 aromatic carbocycles. The minimum absolute atomic E-state index is 0.460. The van der Waals surface area contributed by atoms with Gasteiger partial charge in [-0.3, -0.25) is 0 Å². The van der Waals surface area contributed by atoms with Crippen molar-refractivity contribution in [2.45, 2.75) is 86.1 Å². The Morgan fingerprint density at radius 3 is 2.33 bits per heavy atom. The zero-order valence-electron chi connectivity index (χ0n) is 13.6. The Hall–Kier alpha value is -0.0400. The second-order valence-electron chi connectivity index (χ2n) is 8.16. The number of hydrogen-bond donors (Lipinski definition) is 1. The van der Waals surface area contributed by atoms with Crippen LogP contribution in [-0.2, 0) is 0 Å². The molecule has 2 atom stereocenters. The Labute approximate surface area is 115 Å². The van der Waals surface area contributed by atoms with E-state index in [9.17, 15) is 0 Å². The molecule has 0 amide bonds. The van der Waals surface area contributed by atoms with Gasteiger partial charge in [0.15, 0.2) is 0 Å². The van der Waals surface area contributed by atoms with Gasteiger partial charge in [0.2, 0.25) is 0 Å². The summed E-state index contributed by atoms with van der Waals surface area (Å²) in [4.78, 5) is 0. The van der Waals surface area contributed by atoms with Crippen molar-refractivity contribution >= 4 is 0 Å². The molecule has 0 aromatic rings. The zero-order valence-corrected chi connectivity index (χ0v) is 13.6. The Morgan fingerprint density at radius 2 is 1.83 bits per heavy atom. The normalized spacial score (nSPS) is 27.7. The zero-order chi connectivity index (χ0) is 13.8. The van der Waals surface area contributed by atoms with Crippen molar-refractivity contribution in [2.24, 2.45) is 16.7 Å². The average molecular weight is 253 g/mol. The van der Waals surface area contributed by atoms with Crippen molar-refractivity contribution in [1.82, 2.24) is 5.32 Å². The van der Waals surface area contributed by atoms with Crippen molar-refractivity contribution < 1.29 is 0 Å². The molecule has 1 saturated carbocycles. The van der Waals surface area contributed by atoms with Gasteiger partial charge in [0.05, 0.1) is 0 Å². The molecule has 1 N–H and O–H groups in total. The third-order valence-corrected chi connectivity index (χ3v) is 4.63. The molecule has 18 heavy (non-hydrogen) atoms. The highest BCUT2D eigenvalue weighted by Crippen LogP contribution is 2.41. The summed E-state index contributed by atoms with van der Waals surface area (Å²) < 4.78 is 0. The van der Waals surface area contributed by atoms with E-state index in [1.807, 2.05) is 0 Å². The Kier molecular flexibility index (Phi) is 5.70. The van der Waals surface area contributed by atoms with E-state index >= 15 is 0 Å². The van der Waals surface area contributed by atoms with Crippen LogP contribution in [0.3, 0.4) is 0 Å². The minimum atomic E-state index is 0.460. The SMILES string of the molecule is CCCCCC(C)(C)CNC1CC(C)(C)CC1C. The molecule has 1 aliphatic rings. The lowest BCUT2D eigenvalue weighted by atomic mass is 9.86. The van der Waals surface area contributed by atoms with E-state index in [1.165, 1.54) is 45.1 Å². The lowest BCUT2D eigenvalue weighted by molar-refractivity contribution is 0.271. The van der Waals surface area contributed by atoms with Crippen LogP contribution in [0.5, 0.6) is 0 Å². The molecule has 0 radical (unpaired) electrons. The number of unbranched alkanes of at least 4 members (excludes halogenated alkanes) is 2. The molecule has 0 bridgehead atoms. The van der Waals surface area contributed by atoms with E-state index in [4.69, 9.17) is 0 Å². The summed E-state index contributed by atoms with van der Waals surface area (Å²) in [6.45, 7) is 15.5. The lowest BCUT2D eigenvalue weighted by Gasteiger charge is -2.29. The summed E-state index contributed by atoms with van der Waals surface area (Å²) in [7, 11) is 0. The summed E-state index contributed by atoms with van der Waals surface area (Å²) in [6.07, 6.45) is 8.18. The Bertz CT molecular complexity index is 242. The molecule has 1 aliphatic carbocycles. The molecule has 1 fully saturated rings. The van der Waals surface area contributed by atoms with Crippen LogP contribution < -0.4 is 5.32 Å². The molecule has 0 aromatic heterocycles. The summed E-state index contributed by atoms with van der Waals surface area (Å²) in [5.41, 5.74) is 1.01. The third kappa shape index (κ3) is 5.30. The first-order chi connectivity index (χ1) is 8.26. The second-order valence-corrected chi connectivity index (χ2v) is 8.16. The first kappa shape index (κ1) is 16.0. The molecule has 0 spiro atoms. The van der Waals surface area contributed by atoms with E-state index in [1.54, 1.807) is 0 Å². The summed E-state index contributed by atoms with van der Waals surface area (Å²) in [6, 6.07) is 0.741. The van der Waals surface area contributed by atoms with Gasteiger partial charge < -0.3 is 5.32 Å². The Morgan fingerprint density at radius 1 is 1.17 bits per heavy atom. The largest absolute Gasteiger partial charge is 0.313 e. The van der Waals surface area contributed by atoms with Gasteiger partial charge in [-0.25, -0.2) is 0 Å². The van der Waals surface area contributed by atoms with Crippen molar-refractivity contribution in [3.05, 3.63) is 0 Å². The molecule has 1 heteroatoms. The van der Waals surface area contributed by atoms with Gasteiger partial charge in [-0.1, -0.05) is 60.8 Å². The highest BCUT2D eigenvalue weighted by Gasteiger charge is 2.36. The molecule has 0 aliphatic heterocycles. The summed E-state index contributed by atoms with van der Waals surface area (Å²) >= 11 is 0. The van der Waals surface area contributed by atoms with Gasteiger partial charge in [0, 0.05) is 12.6 Å². The smallest absolute Gasteiger partial charge is 0.00982 e. The molecule has 0 heterocycles. The average Bonchev–Trinajstić information content (AvgIpc) is 2.49. The maximum Gasteiger partial charge on any atom is 0.00982 e. The maximum absolute atomic E-state index is 3.85. The van der Waals surface area contributed by atoms with E-state index in [-0.39, 0.29) is 0 Å². The van der Waals surface area contributed by atoms with Crippen LogP contribution in [0.25, 0.3) is 0 Å². The van der Waals surface area contributed by atoms with Gasteiger partial charge >= 0.3 is 0 Å². The van der Waals surface area contributed by atoms with Crippen LogP contribution >= 0.6 is 0 Å². The quantitative estimate of drug-likeness (QED) is 0.629. The van der Waals surface area contributed by atoms with Gasteiger partial charge in [-0.05, 0) is 36.0 Å². The molecule has 0 saturated heterocycles. The molecule has 108 valence electrons. The van der Waals surface area contributed by atoms with Crippen LogP contribution in [0.2, 0.25) is 0 Å². The number of hydrogen-bond acceptors (Lipinski definition) is 1. The van der Waals surface area contributed by atoms with Crippen molar-refractivity contribution in [1.29, 1.82) is 0 Å². The fourth-order valence-corrected chi connectivity index (χ4v) is 3.52. The Balaban J connectivity index is 2.31. The first-order valence-corrected chi connectivity index (χ1v) is 7.99. The van der Waals surface area contributed by atoms with Crippen molar-refractivity contribution in [3.63, 3.8) is 0 Å². The predicted octanol–water partition coefficient (Wildman–Crippen LogP) is 5.01. The van der Waals surface area contributed by atoms with E-state index in [0.29, 0.717) is 10.8 Å². The van der Waals surface area contributed by atoms with Gasteiger partial charge in [0.1, 0.15) is 0 Å². The standard InChI is InChI=1S/C17H35N/c1-7-8-9-10-16(3,4)13-18-15-12-17(5,6)11-14(15)2/h14-15,18H,7-13H2,1-6H3. The summed E-state index contributed by atoms with van der Waals surface area (Å²) in [5.74, 6) is 0.839. The molecule has 2 unspecified atom stereocenters. The topological polar surface area (TPSA) is 12.0 Å². The van der Waals surface area contributed by atoms with E-state index in [0.717, 1.165) is 12.0 Å². The van der Waals surface area contributed by atoms with Crippen LogP contribution in [0, 0.1) is 16.7 Å². The minimum Gasteiger partial charge on any atom is -0.313 e. The highest BCUT2D eigenvalue weighted by molar-refractivity contribution is 4.92. The van der Waals surface area contributed by atoms with E-state index in [2.05, 4.69) is 46.9 Å². The van der Waals surface area contributed by atoms with Gasteiger partial charge in [0.25, 0.3) is 0 Å². The molecule has 1 nitrogen and oxygen atoms in total. The predicted molar refractivity (Wildman–Crippen MR) is 81.9 cm³/mol. The molecular formula is C17H35N. The lowest BCUT2D eigenvalue weighted by Crippen LogP contribution is -2.38. The van der Waals surface area contributed by atoms with Crippen LogP contribution in [-0.4, -0.2) is 12.6 Å². The molecular weight excluding hydrogens is 218 g/mol. The number of nitrogens with one attached hydrogen (secondary N) is 1. The first-order valence-electron chi connectivity index (χ1n) is 7.99. The van der Waals surface area contributed by atoms with Gasteiger partial charge in [-0.15, -0.1) is 0 Å². The van der Waals surface area contributed by atoms with Crippen LogP contribution in [0.15, 0.2) is 0 Å². The second kappa shape index (κ2) is 6.41. The molecule has 1 rings (SSSR count). The summed E-state index contributed by atoms with van der Waals surface area (Å²) in [5, 5.41) is 3.85. The van der Waals surface area contributed by atoms with E-state index < -0.39 is 0 Å².